The lowest BCUT2D eigenvalue weighted by molar-refractivity contribution is 0.101. The molecule has 0 spiro atoms. The zero-order valence-corrected chi connectivity index (χ0v) is 9.98. The maximum absolute atomic E-state index is 9.99. The van der Waals surface area contributed by atoms with E-state index in [0.29, 0.717) is 17.3 Å². The Morgan fingerprint density at radius 2 is 1.89 bits per heavy atom. The van der Waals surface area contributed by atoms with Crippen molar-refractivity contribution in [3.63, 3.8) is 0 Å². The number of aromatic nitrogens is 2. The van der Waals surface area contributed by atoms with Crippen LogP contribution in [0.2, 0.25) is 0 Å². The Labute approximate surface area is 105 Å². The highest BCUT2D eigenvalue weighted by atomic mass is 16.5. The number of benzene rings is 1. The highest BCUT2D eigenvalue weighted by molar-refractivity contribution is 5.22. The third kappa shape index (κ3) is 2.95. The number of rotatable bonds is 5. The zero-order chi connectivity index (χ0) is 12.8. The minimum Gasteiger partial charge on any atom is -0.490 e. The summed E-state index contributed by atoms with van der Waals surface area (Å²) in [4.78, 5) is 8.02. The second-order valence-corrected chi connectivity index (χ2v) is 3.59. The Kier molecular flexibility index (Phi) is 4.09. The molecule has 0 saturated heterocycles. The average Bonchev–Trinajstić information content (AvgIpc) is 2.45. The van der Waals surface area contributed by atoms with Gasteiger partial charge in [-0.3, -0.25) is 4.98 Å². The van der Waals surface area contributed by atoms with Crippen molar-refractivity contribution in [2.45, 2.75) is 6.10 Å². The number of ether oxygens (including phenoxy) is 2. The third-order valence-electron chi connectivity index (χ3n) is 2.35. The molecule has 1 atom stereocenters. The Morgan fingerprint density at radius 1 is 1.17 bits per heavy atom. The van der Waals surface area contributed by atoms with Crippen LogP contribution in [0.3, 0.4) is 0 Å². The van der Waals surface area contributed by atoms with Gasteiger partial charge in [0.25, 0.3) is 0 Å². The molecular weight excluding hydrogens is 232 g/mol. The van der Waals surface area contributed by atoms with Gasteiger partial charge in [0.1, 0.15) is 24.2 Å². The van der Waals surface area contributed by atoms with E-state index in [1.807, 2.05) is 30.3 Å². The van der Waals surface area contributed by atoms with Crippen molar-refractivity contribution < 1.29 is 14.6 Å². The zero-order valence-electron chi connectivity index (χ0n) is 9.98. The van der Waals surface area contributed by atoms with Crippen molar-refractivity contribution in [2.24, 2.45) is 0 Å². The molecule has 1 heterocycles. The summed E-state index contributed by atoms with van der Waals surface area (Å²) in [5.74, 6) is 1.00. The monoisotopic (exact) mass is 246 g/mol. The molecular formula is C13H14N2O3. The van der Waals surface area contributed by atoms with Gasteiger partial charge < -0.3 is 14.6 Å². The van der Waals surface area contributed by atoms with Crippen molar-refractivity contribution in [3.05, 3.63) is 48.4 Å². The first-order valence-corrected chi connectivity index (χ1v) is 5.52. The first-order chi connectivity index (χ1) is 8.81. The Bertz CT molecular complexity index is 491. The Morgan fingerprint density at radius 3 is 2.61 bits per heavy atom. The van der Waals surface area contributed by atoms with Crippen LogP contribution < -0.4 is 9.47 Å². The molecule has 1 N–H and O–H groups in total. The molecule has 0 aliphatic carbocycles. The molecule has 94 valence electrons. The molecule has 0 aliphatic heterocycles. The summed E-state index contributed by atoms with van der Waals surface area (Å²) in [6, 6.07) is 9.27. The normalized spacial score (nSPS) is 11.9. The van der Waals surface area contributed by atoms with Gasteiger partial charge in [0.15, 0.2) is 0 Å². The van der Waals surface area contributed by atoms with E-state index in [1.165, 1.54) is 19.5 Å². The number of para-hydroxylation sites is 1. The van der Waals surface area contributed by atoms with Crippen LogP contribution in [0.4, 0.5) is 0 Å². The van der Waals surface area contributed by atoms with E-state index in [1.54, 1.807) is 0 Å². The van der Waals surface area contributed by atoms with Crippen molar-refractivity contribution in [3.8, 4) is 11.6 Å². The number of aliphatic hydroxyl groups is 1. The van der Waals surface area contributed by atoms with Crippen LogP contribution in [-0.2, 0) is 0 Å². The highest BCUT2D eigenvalue weighted by Crippen LogP contribution is 2.20. The summed E-state index contributed by atoms with van der Waals surface area (Å²) >= 11 is 0. The maximum atomic E-state index is 9.99. The van der Waals surface area contributed by atoms with Crippen molar-refractivity contribution >= 4 is 0 Å². The molecule has 0 saturated carbocycles. The quantitative estimate of drug-likeness (QED) is 0.868. The van der Waals surface area contributed by atoms with Crippen LogP contribution in [0.1, 0.15) is 11.8 Å². The van der Waals surface area contributed by atoms with Gasteiger partial charge in [0.05, 0.1) is 7.11 Å². The van der Waals surface area contributed by atoms with E-state index in [0.717, 1.165) is 0 Å². The summed E-state index contributed by atoms with van der Waals surface area (Å²) in [6.45, 7) is 0.0963. The molecule has 1 unspecified atom stereocenters. The Hall–Kier alpha value is -2.14. The lowest BCUT2D eigenvalue weighted by Crippen LogP contribution is -2.13. The maximum Gasteiger partial charge on any atom is 0.238 e. The van der Waals surface area contributed by atoms with E-state index in [4.69, 9.17) is 9.47 Å². The number of nitrogens with zero attached hydrogens (tertiary/aromatic N) is 2. The second kappa shape index (κ2) is 5.97. The van der Waals surface area contributed by atoms with Crippen molar-refractivity contribution in [2.75, 3.05) is 13.7 Å². The second-order valence-electron chi connectivity index (χ2n) is 3.59. The number of aliphatic hydroxyl groups excluding tert-OH is 1. The van der Waals surface area contributed by atoms with Gasteiger partial charge in [-0.25, -0.2) is 4.98 Å². The van der Waals surface area contributed by atoms with E-state index in [9.17, 15) is 5.11 Å². The molecule has 2 aromatic rings. The fraction of sp³-hybridized carbons (Fsp3) is 0.231. The topological polar surface area (TPSA) is 64.5 Å². The molecule has 0 amide bonds. The third-order valence-corrected chi connectivity index (χ3v) is 2.35. The molecule has 0 aliphatic rings. The largest absolute Gasteiger partial charge is 0.490 e. The van der Waals surface area contributed by atoms with Gasteiger partial charge >= 0.3 is 0 Å². The summed E-state index contributed by atoms with van der Waals surface area (Å²) in [5, 5.41) is 9.99. The highest BCUT2D eigenvalue weighted by Gasteiger charge is 2.16. The van der Waals surface area contributed by atoms with Gasteiger partial charge in [-0.1, -0.05) is 18.2 Å². The number of hydrogen-bond acceptors (Lipinski definition) is 5. The minimum atomic E-state index is -0.881. The predicted octanol–water partition coefficient (Wildman–Crippen LogP) is 1.60. The number of hydrogen-bond donors (Lipinski definition) is 1. The van der Waals surface area contributed by atoms with Gasteiger partial charge in [0.2, 0.25) is 5.88 Å². The fourth-order valence-corrected chi connectivity index (χ4v) is 1.49. The van der Waals surface area contributed by atoms with E-state index >= 15 is 0 Å². The lowest BCUT2D eigenvalue weighted by Gasteiger charge is -2.13. The predicted molar refractivity (Wildman–Crippen MR) is 65.5 cm³/mol. The van der Waals surface area contributed by atoms with Gasteiger partial charge in [0, 0.05) is 12.4 Å². The van der Waals surface area contributed by atoms with Gasteiger partial charge in [-0.15, -0.1) is 0 Å². The molecule has 5 nitrogen and oxygen atoms in total. The molecule has 0 bridgehead atoms. The van der Waals surface area contributed by atoms with Crippen molar-refractivity contribution in [1.82, 2.24) is 9.97 Å². The fourth-order valence-electron chi connectivity index (χ4n) is 1.49. The summed E-state index contributed by atoms with van der Waals surface area (Å²) in [5.41, 5.74) is 0.371. The van der Waals surface area contributed by atoms with Crippen LogP contribution in [-0.4, -0.2) is 28.8 Å². The van der Waals surface area contributed by atoms with Gasteiger partial charge in [-0.2, -0.15) is 0 Å². The Balaban J connectivity index is 2.01. The van der Waals surface area contributed by atoms with Crippen LogP contribution in [0, 0.1) is 0 Å². The molecule has 1 aromatic carbocycles. The average molecular weight is 246 g/mol. The van der Waals surface area contributed by atoms with Crippen LogP contribution in [0.5, 0.6) is 11.6 Å². The first kappa shape index (κ1) is 12.3. The molecule has 0 radical (unpaired) electrons. The molecule has 2 rings (SSSR count). The van der Waals surface area contributed by atoms with Gasteiger partial charge in [-0.05, 0) is 12.1 Å². The van der Waals surface area contributed by atoms with E-state index in [-0.39, 0.29) is 6.61 Å². The molecule has 0 fully saturated rings. The van der Waals surface area contributed by atoms with E-state index in [2.05, 4.69) is 9.97 Å². The smallest absolute Gasteiger partial charge is 0.238 e. The summed E-state index contributed by atoms with van der Waals surface area (Å²) in [6.07, 6.45) is 2.13. The minimum absolute atomic E-state index is 0.0963. The van der Waals surface area contributed by atoms with Crippen LogP contribution in [0.25, 0.3) is 0 Å². The van der Waals surface area contributed by atoms with Crippen LogP contribution >= 0.6 is 0 Å². The lowest BCUT2D eigenvalue weighted by atomic mass is 10.2. The molecule has 1 aromatic heterocycles. The standard InChI is InChI=1S/C13H14N2O3/c1-17-13-12(14-7-8-15-13)11(16)9-18-10-5-3-2-4-6-10/h2-8,11,16H,9H2,1H3. The van der Waals surface area contributed by atoms with E-state index < -0.39 is 6.10 Å². The summed E-state index contributed by atoms with van der Waals surface area (Å²) in [7, 11) is 1.48. The van der Waals surface area contributed by atoms with Crippen molar-refractivity contribution in [1.29, 1.82) is 0 Å². The number of methoxy groups -OCH3 is 1. The van der Waals surface area contributed by atoms with Crippen LogP contribution in [0.15, 0.2) is 42.7 Å². The molecule has 5 heteroatoms. The SMILES string of the molecule is COc1nccnc1C(O)COc1ccccc1. The molecule has 18 heavy (non-hydrogen) atoms. The summed E-state index contributed by atoms with van der Waals surface area (Å²) < 4.78 is 10.5. The first-order valence-electron chi connectivity index (χ1n) is 5.52.